The molecule has 0 radical (unpaired) electrons. The summed E-state index contributed by atoms with van der Waals surface area (Å²) in [5, 5.41) is 4.55. The molecule has 0 fully saturated rings. The van der Waals surface area contributed by atoms with Gasteiger partial charge in [-0.1, -0.05) is 53.0 Å². The van der Waals surface area contributed by atoms with E-state index in [2.05, 4.69) is 41.4 Å². The lowest BCUT2D eigenvalue weighted by molar-refractivity contribution is 0.302. The third-order valence-corrected chi connectivity index (χ3v) is 4.14. The monoisotopic (exact) mass is 366 g/mol. The third kappa shape index (κ3) is 5.99. The predicted molar refractivity (Wildman–Crippen MR) is 102 cm³/mol. The molecule has 0 atom stereocenters. The van der Waals surface area contributed by atoms with Crippen LogP contribution in [0.25, 0.3) is 0 Å². The Hall–Kier alpha value is -1.26. The summed E-state index contributed by atoms with van der Waals surface area (Å²) in [6.45, 7) is 5.06. The molecule has 0 aliphatic heterocycles. The average Bonchev–Trinajstić information content (AvgIpc) is 2.52. The van der Waals surface area contributed by atoms with Gasteiger partial charge in [-0.15, -0.1) is 0 Å². The minimum Gasteiger partial charge on any atom is -0.487 e. The Morgan fingerprint density at radius 1 is 1.08 bits per heavy atom. The van der Waals surface area contributed by atoms with Crippen molar-refractivity contribution >= 4 is 23.2 Å². The fraction of sp³-hybridized carbons (Fsp3) is 0.368. The summed E-state index contributed by atoms with van der Waals surface area (Å²) >= 11 is 12.5. The van der Waals surface area contributed by atoms with Crippen molar-refractivity contribution in [1.29, 1.82) is 0 Å². The Morgan fingerprint density at radius 2 is 1.79 bits per heavy atom. The molecular formula is C19H24Cl2N2O. The standard InChI is InChI=1S/C19H24Cl2N2O/c1-14-4-6-15(7-5-14)13-24-19-16(10-17(20)11-18(19)21)12-22-8-9-23(2)3/h4-7,10-11,22H,8-9,12-13H2,1-3H3. The Kier molecular flexibility index (Phi) is 7.38. The normalized spacial score (nSPS) is 11.1. The zero-order valence-electron chi connectivity index (χ0n) is 14.4. The minimum atomic E-state index is 0.479. The largest absolute Gasteiger partial charge is 0.487 e. The number of benzene rings is 2. The Labute approximate surface area is 154 Å². The second-order valence-corrected chi connectivity index (χ2v) is 6.97. The lowest BCUT2D eigenvalue weighted by atomic mass is 10.1. The topological polar surface area (TPSA) is 24.5 Å². The lowest BCUT2D eigenvalue weighted by Gasteiger charge is -2.16. The summed E-state index contributed by atoms with van der Waals surface area (Å²) in [6.07, 6.45) is 0. The predicted octanol–water partition coefficient (Wildman–Crippen LogP) is 4.53. The van der Waals surface area contributed by atoms with E-state index in [1.54, 1.807) is 6.07 Å². The number of rotatable bonds is 8. The van der Waals surface area contributed by atoms with Gasteiger partial charge in [0.05, 0.1) is 5.02 Å². The van der Waals surface area contributed by atoms with Gasteiger partial charge in [0, 0.05) is 30.2 Å². The molecule has 0 aliphatic carbocycles. The van der Waals surface area contributed by atoms with Crippen LogP contribution in [0.15, 0.2) is 36.4 Å². The molecule has 0 spiro atoms. The number of ether oxygens (including phenoxy) is 1. The number of hydrogen-bond donors (Lipinski definition) is 1. The zero-order chi connectivity index (χ0) is 17.5. The molecule has 0 aromatic heterocycles. The first-order valence-electron chi connectivity index (χ1n) is 7.97. The fourth-order valence-electron chi connectivity index (χ4n) is 2.27. The second kappa shape index (κ2) is 9.28. The highest BCUT2D eigenvalue weighted by Crippen LogP contribution is 2.33. The first-order valence-corrected chi connectivity index (χ1v) is 8.73. The molecule has 5 heteroatoms. The van der Waals surface area contributed by atoms with Gasteiger partial charge in [0.15, 0.2) is 0 Å². The van der Waals surface area contributed by atoms with Crippen LogP contribution in [0.5, 0.6) is 5.75 Å². The summed E-state index contributed by atoms with van der Waals surface area (Å²) < 4.78 is 5.99. The van der Waals surface area contributed by atoms with Crippen LogP contribution in [-0.4, -0.2) is 32.1 Å². The van der Waals surface area contributed by atoms with Crippen molar-refractivity contribution in [2.24, 2.45) is 0 Å². The van der Waals surface area contributed by atoms with Crippen LogP contribution in [0.4, 0.5) is 0 Å². The number of nitrogens with zero attached hydrogens (tertiary/aromatic N) is 1. The maximum atomic E-state index is 6.34. The second-order valence-electron chi connectivity index (χ2n) is 6.13. The van der Waals surface area contributed by atoms with E-state index >= 15 is 0 Å². The molecule has 2 rings (SSSR count). The van der Waals surface area contributed by atoms with E-state index in [0.717, 1.165) is 24.2 Å². The van der Waals surface area contributed by atoms with Crippen molar-refractivity contribution in [3.8, 4) is 5.75 Å². The molecule has 2 aromatic carbocycles. The highest BCUT2D eigenvalue weighted by molar-refractivity contribution is 6.35. The van der Waals surface area contributed by atoms with E-state index in [1.165, 1.54) is 5.56 Å². The van der Waals surface area contributed by atoms with Crippen LogP contribution in [0.3, 0.4) is 0 Å². The fourth-order valence-corrected chi connectivity index (χ4v) is 2.86. The van der Waals surface area contributed by atoms with Crippen molar-refractivity contribution in [2.45, 2.75) is 20.1 Å². The van der Waals surface area contributed by atoms with Gasteiger partial charge < -0.3 is 15.0 Å². The summed E-state index contributed by atoms with van der Waals surface area (Å²) in [6, 6.07) is 11.9. The minimum absolute atomic E-state index is 0.479. The van der Waals surface area contributed by atoms with E-state index < -0.39 is 0 Å². The van der Waals surface area contributed by atoms with Crippen LogP contribution in [0, 0.1) is 6.92 Å². The molecule has 0 bridgehead atoms. The van der Waals surface area contributed by atoms with Crippen molar-refractivity contribution in [1.82, 2.24) is 10.2 Å². The molecule has 24 heavy (non-hydrogen) atoms. The van der Waals surface area contributed by atoms with Gasteiger partial charge in [0.25, 0.3) is 0 Å². The highest BCUT2D eigenvalue weighted by atomic mass is 35.5. The third-order valence-electron chi connectivity index (χ3n) is 3.64. The van der Waals surface area contributed by atoms with Gasteiger partial charge in [-0.05, 0) is 38.7 Å². The summed E-state index contributed by atoms with van der Waals surface area (Å²) in [7, 11) is 4.10. The quantitative estimate of drug-likeness (QED) is 0.694. The maximum absolute atomic E-state index is 6.34. The van der Waals surface area contributed by atoms with E-state index in [-0.39, 0.29) is 0 Å². The summed E-state index contributed by atoms with van der Waals surface area (Å²) in [4.78, 5) is 2.13. The molecule has 130 valence electrons. The van der Waals surface area contributed by atoms with Crippen LogP contribution >= 0.6 is 23.2 Å². The van der Waals surface area contributed by atoms with Gasteiger partial charge in [-0.25, -0.2) is 0 Å². The van der Waals surface area contributed by atoms with Crippen molar-refractivity contribution < 1.29 is 4.74 Å². The Bertz CT molecular complexity index is 657. The number of aryl methyl sites for hydroxylation is 1. The molecule has 0 amide bonds. The van der Waals surface area contributed by atoms with Gasteiger partial charge >= 0.3 is 0 Å². The van der Waals surface area contributed by atoms with E-state index in [1.807, 2.05) is 20.2 Å². The average molecular weight is 367 g/mol. The molecule has 3 nitrogen and oxygen atoms in total. The molecule has 0 heterocycles. The summed E-state index contributed by atoms with van der Waals surface area (Å²) in [5.74, 6) is 0.694. The zero-order valence-corrected chi connectivity index (χ0v) is 15.9. The first-order chi connectivity index (χ1) is 11.5. The Balaban J connectivity index is 2.05. The van der Waals surface area contributed by atoms with Gasteiger partial charge in [-0.2, -0.15) is 0 Å². The van der Waals surface area contributed by atoms with Crippen molar-refractivity contribution in [3.05, 3.63) is 63.1 Å². The van der Waals surface area contributed by atoms with Crippen LogP contribution in [-0.2, 0) is 13.2 Å². The van der Waals surface area contributed by atoms with E-state index in [9.17, 15) is 0 Å². The van der Waals surface area contributed by atoms with Gasteiger partial charge in [0.2, 0.25) is 0 Å². The number of halogens is 2. The SMILES string of the molecule is Cc1ccc(COc2c(Cl)cc(Cl)cc2CNCCN(C)C)cc1. The maximum Gasteiger partial charge on any atom is 0.142 e. The molecule has 0 saturated carbocycles. The molecule has 0 aliphatic rings. The van der Waals surface area contributed by atoms with Crippen LogP contribution < -0.4 is 10.1 Å². The van der Waals surface area contributed by atoms with E-state index in [4.69, 9.17) is 27.9 Å². The molecule has 2 aromatic rings. The highest BCUT2D eigenvalue weighted by Gasteiger charge is 2.11. The van der Waals surface area contributed by atoms with E-state index in [0.29, 0.717) is 28.9 Å². The number of hydrogen-bond acceptors (Lipinski definition) is 3. The number of nitrogens with one attached hydrogen (secondary N) is 1. The van der Waals surface area contributed by atoms with Crippen molar-refractivity contribution in [2.75, 3.05) is 27.2 Å². The molecule has 1 N–H and O–H groups in total. The molecule has 0 saturated heterocycles. The number of likely N-dealkylation sites (N-methyl/N-ethyl adjacent to an activating group) is 1. The van der Waals surface area contributed by atoms with Gasteiger partial charge in [0.1, 0.15) is 12.4 Å². The van der Waals surface area contributed by atoms with Gasteiger partial charge in [-0.3, -0.25) is 0 Å². The molecule has 0 unspecified atom stereocenters. The van der Waals surface area contributed by atoms with Crippen molar-refractivity contribution in [3.63, 3.8) is 0 Å². The lowest BCUT2D eigenvalue weighted by Crippen LogP contribution is -2.26. The van der Waals surface area contributed by atoms with Crippen LogP contribution in [0.1, 0.15) is 16.7 Å². The Morgan fingerprint density at radius 3 is 2.46 bits per heavy atom. The molecular weight excluding hydrogens is 343 g/mol. The smallest absolute Gasteiger partial charge is 0.142 e. The summed E-state index contributed by atoms with van der Waals surface area (Å²) in [5.41, 5.74) is 3.31. The van der Waals surface area contributed by atoms with Crippen LogP contribution in [0.2, 0.25) is 10.0 Å². The first kappa shape index (κ1) is 19.1.